The van der Waals surface area contributed by atoms with Crippen LogP contribution in [0.3, 0.4) is 0 Å². The molecular formula is C21H23NO3S. The van der Waals surface area contributed by atoms with Gasteiger partial charge in [-0.1, -0.05) is 35.9 Å². The number of ether oxygens (including phenoxy) is 1. The summed E-state index contributed by atoms with van der Waals surface area (Å²) in [4.78, 5) is 23.7. The van der Waals surface area contributed by atoms with E-state index in [0.29, 0.717) is 0 Å². The number of carbonyl (C=O) groups is 2. The van der Waals surface area contributed by atoms with Crippen molar-refractivity contribution in [2.45, 2.75) is 31.9 Å². The van der Waals surface area contributed by atoms with E-state index in [1.807, 2.05) is 19.1 Å². The van der Waals surface area contributed by atoms with Crippen molar-refractivity contribution in [3.8, 4) is 0 Å². The largest absolute Gasteiger partial charge is 0.455 e. The lowest BCUT2D eigenvalue weighted by atomic mass is 10.1. The Kier molecular flexibility index (Phi) is 6.34. The lowest BCUT2D eigenvalue weighted by molar-refractivity contribution is -0.144. The molecule has 1 N–H and O–H groups in total. The Labute approximate surface area is 158 Å². The molecule has 1 aliphatic carbocycles. The monoisotopic (exact) mass is 369 g/mol. The first-order valence-electron chi connectivity index (χ1n) is 8.81. The Morgan fingerprint density at radius 3 is 2.65 bits per heavy atom. The predicted octanol–water partition coefficient (Wildman–Crippen LogP) is 3.90. The highest BCUT2D eigenvalue weighted by Gasteiger charge is 2.13. The molecule has 3 rings (SSSR count). The molecule has 2 aromatic rings. The van der Waals surface area contributed by atoms with Crippen LogP contribution in [0.1, 0.15) is 28.7 Å². The van der Waals surface area contributed by atoms with Crippen LogP contribution in [0.5, 0.6) is 0 Å². The van der Waals surface area contributed by atoms with Gasteiger partial charge in [-0.05, 0) is 55.0 Å². The third-order valence-electron chi connectivity index (χ3n) is 4.36. The highest BCUT2D eigenvalue weighted by atomic mass is 32.2. The lowest BCUT2D eigenvalue weighted by Gasteiger charge is -2.08. The van der Waals surface area contributed by atoms with E-state index in [0.717, 1.165) is 24.3 Å². The molecule has 0 bridgehead atoms. The molecule has 0 atom stereocenters. The standard InChI is InChI=1S/C21H23NO3S/c1-15-5-7-16(8-6-15)13-26-14-21(24)25-12-20(23)22-19-10-9-17-3-2-4-18(17)11-19/h5-11H,2-4,12-14H2,1H3,(H,22,23). The summed E-state index contributed by atoms with van der Waals surface area (Å²) in [7, 11) is 0. The summed E-state index contributed by atoms with van der Waals surface area (Å²) in [5.74, 6) is 0.308. The van der Waals surface area contributed by atoms with Crippen LogP contribution >= 0.6 is 11.8 Å². The fourth-order valence-corrected chi connectivity index (χ4v) is 3.75. The van der Waals surface area contributed by atoms with Gasteiger partial charge in [0.25, 0.3) is 5.91 Å². The van der Waals surface area contributed by atoms with Crippen molar-refractivity contribution in [2.24, 2.45) is 0 Å². The molecule has 0 fully saturated rings. The molecule has 0 radical (unpaired) electrons. The van der Waals surface area contributed by atoms with Gasteiger partial charge in [0.15, 0.2) is 6.61 Å². The van der Waals surface area contributed by atoms with Crippen molar-refractivity contribution >= 4 is 29.3 Å². The number of rotatable bonds is 7. The zero-order valence-corrected chi connectivity index (χ0v) is 15.7. The summed E-state index contributed by atoms with van der Waals surface area (Å²) in [5.41, 5.74) is 5.81. The third kappa shape index (κ3) is 5.36. The van der Waals surface area contributed by atoms with Gasteiger partial charge in [-0.2, -0.15) is 0 Å². The topological polar surface area (TPSA) is 55.4 Å². The van der Waals surface area contributed by atoms with Gasteiger partial charge in [-0.15, -0.1) is 11.8 Å². The summed E-state index contributed by atoms with van der Waals surface area (Å²) >= 11 is 1.48. The average Bonchev–Trinajstić information content (AvgIpc) is 3.09. The number of esters is 1. The zero-order chi connectivity index (χ0) is 18.4. The van der Waals surface area contributed by atoms with E-state index in [1.165, 1.54) is 40.4 Å². The molecule has 1 amide bonds. The van der Waals surface area contributed by atoms with Crippen molar-refractivity contribution in [1.82, 2.24) is 0 Å². The van der Waals surface area contributed by atoms with Crippen molar-refractivity contribution < 1.29 is 14.3 Å². The number of nitrogens with one attached hydrogen (secondary N) is 1. The van der Waals surface area contributed by atoms with Crippen molar-refractivity contribution in [3.05, 3.63) is 64.7 Å². The molecule has 0 unspecified atom stereocenters. The Morgan fingerprint density at radius 2 is 1.85 bits per heavy atom. The maximum atomic E-state index is 11.9. The normalized spacial score (nSPS) is 12.5. The quantitative estimate of drug-likeness (QED) is 0.752. The van der Waals surface area contributed by atoms with E-state index in [4.69, 9.17) is 4.74 Å². The summed E-state index contributed by atoms with van der Waals surface area (Å²) in [6.07, 6.45) is 3.35. The van der Waals surface area contributed by atoms with Crippen LogP contribution in [-0.4, -0.2) is 24.2 Å². The number of carbonyl (C=O) groups excluding carboxylic acids is 2. The van der Waals surface area contributed by atoms with E-state index in [1.54, 1.807) is 0 Å². The Bertz CT molecular complexity index is 786. The number of fused-ring (bicyclic) bond motifs is 1. The van der Waals surface area contributed by atoms with E-state index in [-0.39, 0.29) is 24.2 Å². The van der Waals surface area contributed by atoms with E-state index in [9.17, 15) is 9.59 Å². The maximum absolute atomic E-state index is 11.9. The number of benzene rings is 2. The second-order valence-corrected chi connectivity index (χ2v) is 7.51. The summed E-state index contributed by atoms with van der Waals surface area (Å²) in [5, 5.41) is 2.79. The van der Waals surface area contributed by atoms with Crippen LogP contribution < -0.4 is 5.32 Å². The molecule has 5 heteroatoms. The molecular weight excluding hydrogens is 346 g/mol. The average molecular weight is 369 g/mol. The van der Waals surface area contributed by atoms with Crippen LogP contribution in [0.15, 0.2) is 42.5 Å². The van der Waals surface area contributed by atoms with Crippen LogP contribution in [0, 0.1) is 6.92 Å². The van der Waals surface area contributed by atoms with Gasteiger partial charge < -0.3 is 10.1 Å². The van der Waals surface area contributed by atoms with Crippen LogP contribution in [0.25, 0.3) is 0 Å². The van der Waals surface area contributed by atoms with Crippen molar-refractivity contribution in [2.75, 3.05) is 17.7 Å². The summed E-state index contributed by atoms with van der Waals surface area (Å²) in [6, 6.07) is 14.2. The molecule has 0 saturated carbocycles. The zero-order valence-electron chi connectivity index (χ0n) is 14.9. The maximum Gasteiger partial charge on any atom is 0.316 e. The SMILES string of the molecule is Cc1ccc(CSCC(=O)OCC(=O)Nc2ccc3c(c2)CCC3)cc1. The van der Waals surface area contributed by atoms with Gasteiger partial charge in [0.1, 0.15) is 0 Å². The molecule has 0 saturated heterocycles. The molecule has 26 heavy (non-hydrogen) atoms. The molecule has 0 heterocycles. The number of amides is 1. The number of anilines is 1. The molecule has 0 spiro atoms. The second-order valence-electron chi connectivity index (χ2n) is 6.52. The number of hydrogen-bond acceptors (Lipinski definition) is 4. The summed E-state index contributed by atoms with van der Waals surface area (Å²) < 4.78 is 5.05. The van der Waals surface area contributed by atoms with E-state index >= 15 is 0 Å². The Morgan fingerprint density at radius 1 is 1.08 bits per heavy atom. The van der Waals surface area contributed by atoms with E-state index < -0.39 is 0 Å². The van der Waals surface area contributed by atoms with Gasteiger partial charge >= 0.3 is 5.97 Å². The van der Waals surface area contributed by atoms with Gasteiger partial charge in [0, 0.05) is 11.4 Å². The van der Waals surface area contributed by atoms with Crippen LogP contribution in [0.2, 0.25) is 0 Å². The van der Waals surface area contributed by atoms with Gasteiger partial charge in [-0.3, -0.25) is 9.59 Å². The lowest BCUT2D eigenvalue weighted by Crippen LogP contribution is -2.21. The Hall–Kier alpha value is -2.27. The molecule has 1 aliphatic rings. The predicted molar refractivity (Wildman–Crippen MR) is 105 cm³/mol. The molecule has 2 aromatic carbocycles. The van der Waals surface area contributed by atoms with Gasteiger partial charge in [0.05, 0.1) is 5.75 Å². The second kappa shape index (κ2) is 8.90. The molecule has 136 valence electrons. The fourth-order valence-electron chi connectivity index (χ4n) is 2.97. The first-order chi connectivity index (χ1) is 12.6. The minimum absolute atomic E-state index is 0.236. The molecule has 0 aliphatic heterocycles. The van der Waals surface area contributed by atoms with Gasteiger partial charge in [0.2, 0.25) is 0 Å². The number of hydrogen-bond donors (Lipinski definition) is 1. The minimum atomic E-state index is -0.369. The highest BCUT2D eigenvalue weighted by molar-refractivity contribution is 7.99. The number of aryl methyl sites for hydroxylation is 3. The number of thioether (sulfide) groups is 1. The van der Waals surface area contributed by atoms with Crippen molar-refractivity contribution in [3.63, 3.8) is 0 Å². The van der Waals surface area contributed by atoms with Crippen LogP contribution in [0.4, 0.5) is 5.69 Å². The highest BCUT2D eigenvalue weighted by Crippen LogP contribution is 2.24. The first-order valence-corrected chi connectivity index (χ1v) is 9.96. The smallest absolute Gasteiger partial charge is 0.316 e. The van der Waals surface area contributed by atoms with E-state index in [2.05, 4.69) is 35.6 Å². The third-order valence-corrected chi connectivity index (χ3v) is 5.33. The fraction of sp³-hybridized carbons (Fsp3) is 0.333. The molecule has 4 nitrogen and oxygen atoms in total. The van der Waals surface area contributed by atoms with Crippen LogP contribution in [-0.2, 0) is 32.9 Å². The Balaban J connectivity index is 1.36. The minimum Gasteiger partial charge on any atom is -0.455 e. The van der Waals surface area contributed by atoms with Crippen molar-refractivity contribution in [1.29, 1.82) is 0 Å². The van der Waals surface area contributed by atoms with Gasteiger partial charge in [-0.25, -0.2) is 0 Å². The molecule has 0 aromatic heterocycles. The first kappa shape index (κ1) is 18.5. The summed E-state index contributed by atoms with van der Waals surface area (Å²) in [6.45, 7) is 1.79.